The lowest BCUT2D eigenvalue weighted by atomic mass is 10.0. The summed E-state index contributed by atoms with van der Waals surface area (Å²) in [6.07, 6.45) is 0. The van der Waals surface area contributed by atoms with Crippen LogP contribution in [0, 0.1) is 6.92 Å². The highest BCUT2D eigenvalue weighted by Gasteiger charge is 2.31. The molecule has 0 fully saturated rings. The van der Waals surface area contributed by atoms with Gasteiger partial charge in [-0.1, -0.05) is 42.5 Å². The molecule has 0 spiro atoms. The van der Waals surface area contributed by atoms with E-state index in [9.17, 15) is 14.7 Å². The Balaban J connectivity index is 2.06. The van der Waals surface area contributed by atoms with E-state index in [2.05, 4.69) is 0 Å². The molecule has 0 aliphatic carbocycles. The van der Waals surface area contributed by atoms with E-state index in [1.807, 2.05) is 24.4 Å². The van der Waals surface area contributed by atoms with E-state index in [4.69, 9.17) is 5.73 Å². The number of benzene rings is 2. The van der Waals surface area contributed by atoms with Gasteiger partial charge in [-0.2, -0.15) is 0 Å². The van der Waals surface area contributed by atoms with Crippen LogP contribution in [-0.4, -0.2) is 21.8 Å². The Labute approximate surface area is 161 Å². The third-order valence-electron chi connectivity index (χ3n) is 4.20. The SMILES string of the molecule is Cc1csc(CN(C(=O)c2ccccc2O)[C@@H](C(N)=O)c2ccccc2)c1. The largest absolute Gasteiger partial charge is 0.507 e. The number of amides is 2. The second-order valence-electron chi connectivity index (χ2n) is 6.26. The van der Waals surface area contributed by atoms with Crippen molar-refractivity contribution >= 4 is 23.2 Å². The molecule has 3 aromatic rings. The first-order valence-electron chi connectivity index (χ1n) is 8.44. The second-order valence-corrected chi connectivity index (χ2v) is 7.25. The number of nitrogens with two attached hydrogens (primary N) is 1. The molecule has 3 rings (SSSR count). The zero-order chi connectivity index (χ0) is 19.4. The Morgan fingerprint density at radius 1 is 1.11 bits per heavy atom. The molecule has 138 valence electrons. The molecule has 0 unspecified atom stereocenters. The van der Waals surface area contributed by atoms with Crippen molar-refractivity contribution in [3.63, 3.8) is 0 Å². The van der Waals surface area contributed by atoms with Gasteiger partial charge in [-0.25, -0.2) is 0 Å². The highest BCUT2D eigenvalue weighted by Crippen LogP contribution is 2.29. The molecule has 0 radical (unpaired) electrons. The maximum atomic E-state index is 13.3. The summed E-state index contributed by atoms with van der Waals surface area (Å²) in [5, 5.41) is 12.1. The Morgan fingerprint density at radius 2 is 1.78 bits per heavy atom. The third-order valence-corrected chi connectivity index (χ3v) is 5.24. The number of thiophene rings is 1. The fourth-order valence-electron chi connectivity index (χ4n) is 2.96. The Bertz CT molecular complexity index is 953. The predicted molar refractivity (Wildman–Crippen MR) is 105 cm³/mol. The maximum Gasteiger partial charge on any atom is 0.258 e. The van der Waals surface area contributed by atoms with E-state index in [1.165, 1.54) is 28.4 Å². The molecule has 1 atom stereocenters. The topological polar surface area (TPSA) is 83.6 Å². The molecule has 3 N–H and O–H groups in total. The molecule has 0 saturated heterocycles. The van der Waals surface area contributed by atoms with Crippen molar-refractivity contribution < 1.29 is 14.7 Å². The van der Waals surface area contributed by atoms with Crippen LogP contribution in [0.2, 0.25) is 0 Å². The number of nitrogens with zero attached hydrogens (tertiary/aromatic N) is 1. The van der Waals surface area contributed by atoms with Gasteiger partial charge in [0, 0.05) is 4.88 Å². The number of carbonyl (C=O) groups excluding carboxylic acids is 2. The van der Waals surface area contributed by atoms with Crippen LogP contribution in [-0.2, 0) is 11.3 Å². The van der Waals surface area contributed by atoms with Crippen molar-refractivity contribution in [1.29, 1.82) is 0 Å². The summed E-state index contributed by atoms with van der Waals surface area (Å²) in [6, 6.07) is 16.3. The first kappa shape index (κ1) is 18.7. The van der Waals surface area contributed by atoms with Crippen LogP contribution in [0.25, 0.3) is 0 Å². The predicted octanol–water partition coefficient (Wildman–Crippen LogP) is 3.63. The molecule has 6 heteroatoms. The lowest BCUT2D eigenvalue weighted by Crippen LogP contribution is -2.41. The standard InChI is InChI=1S/C21H20N2O3S/c1-14-11-16(27-13-14)12-23(21(26)17-9-5-6-10-18(17)24)19(20(22)25)15-7-3-2-4-8-15/h2-11,13,19,24H,12H2,1H3,(H2,22,25)/t19-/m1/s1. The van der Waals surface area contributed by atoms with E-state index in [-0.39, 0.29) is 17.9 Å². The lowest BCUT2D eigenvalue weighted by molar-refractivity contribution is -0.122. The van der Waals surface area contributed by atoms with Gasteiger partial charge < -0.3 is 15.7 Å². The minimum Gasteiger partial charge on any atom is -0.507 e. The summed E-state index contributed by atoms with van der Waals surface area (Å²) in [4.78, 5) is 27.9. The minimum atomic E-state index is -0.944. The molecule has 0 aliphatic heterocycles. The average molecular weight is 380 g/mol. The highest BCUT2D eigenvalue weighted by molar-refractivity contribution is 7.10. The van der Waals surface area contributed by atoms with Gasteiger partial charge in [-0.3, -0.25) is 9.59 Å². The first-order chi connectivity index (χ1) is 13.0. The normalized spacial score (nSPS) is 11.7. The number of aromatic hydroxyl groups is 1. The van der Waals surface area contributed by atoms with Crippen molar-refractivity contribution in [3.05, 3.63) is 87.6 Å². The number of phenolic OH excluding ortho intramolecular Hbond substituents is 1. The number of hydrogen-bond acceptors (Lipinski definition) is 4. The van der Waals surface area contributed by atoms with Crippen LogP contribution < -0.4 is 5.73 Å². The molecular formula is C21H20N2O3S. The Hall–Kier alpha value is -3.12. The van der Waals surface area contributed by atoms with E-state index < -0.39 is 17.9 Å². The van der Waals surface area contributed by atoms with Crippen molar-refractivity contribution in [2.75, 3.05) is 0 Å². The van der Waals surface area contributed by atoms with Gasteiger partial charge >= 0.3 is 0 Å². The molecule has 2 amide bonds. The van der Waals surface area contributed by atoms with Gasteiger partial charge in [0.1, 0.15) is 11.8 Å². The van der Waals surface area contributed by atoms with E-state index in [0.29, 0.717) is 5.56 Å². The van der Waals surface area contributed by atoms with E-state index in [0.717, 1.165) is 10.4 Å². The number of carbonyl (C=O) groups is 2. The molecule has 0 aliphatic rings. The quantitative estimate of drug-likeness (QED) is 0.685. The van der Waals surface area contributed by atoms with Gasteiger partial charge in [0.05, 0.1) is 12.1 Å². The van der Waals surface area contributed by atoms with E-state index >= 15 is 0 Å². The molecule has 2 aromatic carbocycles. The number of primary amides is 1. The average Bonchev–Trinajstić information content (AvgIpc) is 3.06. The summed E-state index contributed by atoms with van der Waals surface area (Å²) >= 11 is 1.51. The van der Waals surface area contributed by atoms with Gasteiger partial charge in [-0.15, -0.1) is 11.3 Å². The van der Waals surface area contributed by atoms with Crippen molar-refractivity contribution in [2.45, 2.75) is 19.5 Å². The number of phenols is 1. The second kappa shape index (κ2) is 8.05. The maximum absolute atomic E-state index is 13.3. The Morgan fingerprint density at radius 3 is 2.37 bits per heavy atom. The van der Waals surface area contributed by atoms with Gasteiger partial charge in [0.15, 0.2) is 0 Å². The molecule has 27 heavy (non-hydrogen) atoms. The lowest BCUT2D eigenvalue weighted by Gasteiger charge is -2.30. The minimum absolute atomic E-state index is 0.132. The fourth-order valence-corrected chi connectivity index (χ4v) is 3.84. The third kappa shape index (κ3) is 4.17. The highest BCUT2D eigenvalue weighted by atomic mass is 32.1. The molecule has 1 aromatic heterocycles. The van der Waals surface area contributed by atoms with E-state index in [1.54, 1.807) is 36.4 Å². The summed E-state index contributed by atoms with van der Waals surface area (Å²) in [6.45, 7) is 2.19. The number of hydrogen-bond donors (Lipinski definition) is 2. The molecule has 1 heterocycles. The van der Waals surface area contributed by atoms with Crippen LogP contribution in [0.15, 0.2) is 66.0 Å². The van der Waals surface area contributed by atoms with Crippen molar-refractivity contribution in [3.8, 4) is 5.75 Å². The Kier molecular flexibility index (Phi) is 5.57. The van der Waals surface area contributed by atoms with Gasteiger partial charge in [0.25, 0.3) is 5.91 Å². The number of rotatable bonds is 6. The molecule has 0 saturated carbocycles. The molecular weight excluding hydrogens is 360 g/mol. The van der Waals surface area contributed by atoms with Crippen molar-refractivity contribution in [2.24, 2.45) is 5.73 Å². The van der Waals surface area contributed by atoms with Crippen LogP contribution in [0.5, 0.6) is 5.75 Å². The molecule has 0 bridgehead atoms. The van der Waals surface area contributed by atoms with Crippen LogP contribution in [0.1, 0.15) is 32.4 Å². The number of para-hydroxylation sites is 1. The fraction of sp³-hybridized carbons (Fsp3) is 0.143. The van der Waals surface area contributed by atoms with Crippen LogP contribution in [0.4, 0.5) is 0 Å². The smallest absolute Gasteiger partial charge is 0.258 e. The van der Waals surface area contributed by atoms with Crippen molar-refractivity contribution in [1.82, 2.24) is 4.90 Å². The first-order valence-corrected chi connectivity index (χ1v) is 9.32. The summed E-state index contributed by atoms with van der Waals surface area (Å²) in [7, 11) is 0. The van der Waals surface area contributed by atoms with Gasteiger partial charge in [-0.05, 0) is 41.6 Å². The summed E-state index contributed by atoms with van der Waals surface area (Å²) < 4.78 is 0. The summed E-state index contributed by atoms with van der Waals surface area (Å²) in [5.74, 6) is -1.21. The van der Waals surface area contributed by atoms with Crippen LogP contribution >= 0.6 is 11.3 Å². The molecule has 5 nitrogen and oxygen atoms in total. The monoisotopic (exact) mass is 380 g/mol. The zero-order valence-electron chi connectivity index (χ0n) is 14.8. The zero-order valence-corrected chi connectivity index (χ0v) is 15.6. The number of aryl methyl sites for hydroxylation is 1. The van der Waals surface area contributed by atoms with Crippen LogP contribution in [0.3, 0.4) is 0 Å². The summed E-state index contributed by atoms with van der Waals surface area (Å²) in [5.41, 5.74) is 7.53. The van der Waals surface area contributed by atoms with Gasteiger partial charge in [0.2, 0.25) is 5.91 Å².